The van der Waals surface area contributed by atoms with Crippen LogP contribution in [0.5, 0.6) is 5.75 Å². The maximum atomic E-state index is 13.1. The summed E-state index contributed by atoms with van der Waals surface area (Å²) in [5.74, 6) is 0.253. The number of benzene rings is 2. The summed E-state index contributed by atoms with van der Waals surface area (Å²) in [6, 6.07) is 17.1. The zero-order valence-electron chi connectivity index (χ0n) is 21.0. The van der Waals surface area contributed by atoms with E-state index in [-0.39, 0.29) is 17.9 Å². The van der Waals surface area contributed by atoms with Crippen molar-refractivity contribution >= 4 is 11.8 Å². The van der Waals surface area contributed by atoms with Gasteiger partial charge in [0.15, 0.2) is 0 Å². The highest BCUT2D eigenvalue weighted by Gasteiger charge is 2.18. The van der Waals surface area contributed by atoms with Crippen molar-refractivity contribution in [2.75, 3.05) is 27.2 Å². The Hall–Kier alpha value is -3.71. The number of pyridine rings is 1. The van der Waals surface area contributed by atoms with Crippen molar-refractivity contribution in [2.45, 2.75) is 38.3 Å². The summed E-state index contributed by atoms with van der Waals surface area (Å²) in [6.45, 7) is 1.51. The van der Waals surface area contributed by atoms with Crippen molar-refractivity contribution in [3.8, 4) is 16.9 Å². The van der Waals surface area contributed by atoms with E-state index < -0.39 is 0 Å². The second-order valence-corrected chi connectivity index (χ2v) is 9.44. The molecule has 0 bridgehead atoms. The van der Waals surface area contributed by atoms with Gasteiger partial charge in [0.05, 0.1) is 5.56 Å². The molecule has 2 N–H and O–H groups in total. The van der Waals surface area contributed by atoms with Crippen LogP contribution >= 0.6 is 0 Å². The Morgan fingerprint density at radius 2 is 1.75 bits per heavy atom. The summed E-state index contributed by atoms with van der Waals surface area (Å²) in [7, 11) is 3.96. The number of likely N-dealkylation sites (N-methyl/N-ethyl adjacent to an activating group) is 1. The normalized spacial score (nSPS) is 13.5. The topological polar surface area (TPSA) is 83.6 Å². The summed E-state index contributed by atoms with van der Waals surface area (Å²) in [6.07, 6.45) is 7.90. The van der Waals surface area contributed by atoms with Gasteiger partial charge in [0.1, 0.15) is 12.4 Å². The van der Waals surface area contributed by atoms with E-state index in [1.54, 1.807) is 18.5 Å². The molecule has 0 saturated heterocycles. The molecule has 1 saturated carbocycles. The molecule has 1 aliphatic carbocycles. The Morgan fingerprint density at radius 3 is 2.50 bits per heavy atom. The molecular formula is C29H34N4O3. The van der Waals surface area contributed by atoms with E-state index in [1.807, 2.05) is 67.5 Å². The van der Waals surface area contributed by atoms with Gasteiger partial charge in [0.2, 0.25) is 0 Å². The van der Waals surface area contributed by atoms with Crippen LogP contribution in [0.15, 0.2) is 67.0 Å². The molecule has 4 rings (SSSR count). The average molecular weight is 487 g/mol. The lowest BCUT2D eigenvalue weighted by atomic mass is 10.0. The summed E-state index contributed by atoms with van der Waals surface area (Å²) in [5, 5.41) is 6.10. The smallest absolute Gasteiger partial charge is 0.255 e. The first kappa shape index (κ1) is 25.4. The van der Waals surface area contributed by atoms with Crippen LogP contribution in [-0.4, -0.2) is 55.0 Å². The minimum Gasteiger partial charge on any atom is -0.491 e. The van der Waals surface area contributed by atoms with E-state index in [4.69, 9.17) is 4.74 Å². The van der Waals surface area contributed by atoms with Crippen LogP contribution in [-0.2, 0) is 6.54 Å². The number of ether oxygens (including phenoxy) is 1. The number of rotatable bonds is 10. The first-order chi connectivity index (χ1) is 17.5. The molecule has 7 heteroatoms. The third kappa shape index (κ3) is 6.92. The number of carbonyl (C=O) groups excluding carboxylic acids is 2. The van der Waals surface area contributed by atoms with Crippen LogP contribution in [0, 0.1) is 0 Å². The summed E-state index contributed by atoms with van der Waals surface area (Å²) >= 11 is 0. The molecule has 1 aromatic heterocycles. The van der Waals surface area contributed by atoms with Crippen molar-refractivity contribution in [3.05, 3.63) is 83.7 Å². The predicted molar refractivity (Wildman–Crippen MR) is 141 cm³/mol. The van der Waals surface area contributed by atoms with Gasteiger partial charge in [-0.15, -0.1) is 0 Å². The highest BCUT2D eigenvalue weighted by atomic mass is 16.5. The molecule has 36 heavy (non-hydrogen) atoms. The van der Waals surface area contributed by atoms with Crippen LogP contribution < -0.4 is 15.4 Å². The minimum absolute atomic E-state index is 0.0571. The molecule has 0 aliphatic heterocycles. The molecule has 3 aromatic rings. The van der Waals surface area contributed by atoms with Gasteiger partial charge in [-0.1, -0.05) is 31.0 Å². The lowest BCUT2D eigenvalue weighted by molar-refractivity contribution is 0.0934. The zero-order valence-corrected chi connectivity index (χ0v) is 21.0. The van der Waals surface area contributed by atoms with Crippen molar-refractivity contribution in [1.29, 1.82) is 0 Å². The molecule has 7 nitrogen and oxygen atoms in total. The van der Waals surface area contributed by atoms with Crippen LogP contribution in [0.1, 0.15) is 52.0 Å². The average Bonchev–Trinajstić information content (AvgIpc) is 3.41. The van der Waals surface area contributed by atoms with E-state index in [0.29, 0.717) is 30.0 Å². The van der Waals surface area contributed by atoms with E-state index in [1.165, 1.54) is 12.8 Å². The Balaban J connectivity index is 1.45. The molecule has 0 spiro atoms. The Kier molecular flexibility index (Phi) is 8.68. The lowest BCUT2D eigenvalue weighted by Gasteiger charge is -2.16. The summed E-state index contributed by atoms with van der Waals surface area (Å²) in [4.78, 5) is 31.9. The third-order valence-corrected chi connectivity index (χ3v) is 6.37. The highest BCUT2D eigenvalue weighted by molar-refractivity contribution is 5.98. The predicted octanol–water partition coefficient (Wildman–Crippen LogP) is 4.29. The first-order valence-electron chi connectivity index (χ1n) is 12.5. The number of aromatic nitrogens is 1. The van der Waals surface area contributed by atoms with Crippen molar-refractivity contribution < 1.29 is 14.3 Å². The summed E-state index contributed by atoms with van der Waals surface area (Å²) < 4.78 is 6.03. The first-order valence-corrected chi connectivity index (χ1v) is 12.5. The molecular weight excluding hydrogens is 452 g/mol. The number of hydrogen-bond acceptors (Lipinski definition) is 5. The monoisotopic (exact) mass is 486 g/mol. The van der Waals surface area contributed by atoms with Gasteiger partial charge >= 0.3 is 0 Å². The van der Waals surface area contributed by atoms with E-state index in [0.717, 1.165) is 36.1 Å². The standard InChI is InChI=1S/C29H34N4O3/c1-33(2)16-17-36-27-19-23(22-12-14-30-15-13-22)10-11-26(27)29(35)31-20-21-6-5-7-24(18-21)28(34)32-25-8-3-4-9-25/h5-7,10-15,18-19,25H,3-4,8-9,16-17,20H2,1-2H3,(H,31,35)(H,32,34). The fourth-order valence-electron chi connectivity index (χ4n) is 4.33. The van der Waals surface area contributed by atoms with Gasteiger partial charge < -0.3 is 20.3 Å². The Morgan fingerprint density at radius 1 is 0.972 bits per heavy atom. The maximum absolute atomic E-state index is 13.1. The Labute approximate surface area is 212 Å². The third-order valence-electron chi connectivity index (χ3n) is 6.37. The van der Waals surface area contributed by atoms with Crippen molar-refractivity contribution in [2.24, 2.45) is 0 Å². The minimum atomic E-state index is -0.225. The fourth-order valence-corrected chi connectivity index (χ4v) is 4.33. The molecule has 1 heterocycles. The van der Waals surface area contributed by atoms with Crippen molar-refractivity contribution in [1.82, 2.24) is 20.5 Å². The van der Waals surface area contributed by atoms with Gasteiger partial charge in [0, 0.05) is 37.1 Å². The van der Waals surface area contributed by atoms with Gasteiger partial charge in [-0.25, -0.2) is 0 Å². The lowest BCUT2D eigenvalue weighted by Crippen LogP contribution is -2.32. The molecule has 0 atom stereocenters. The van der Waals surface area contributed by atoms with E-state index in [2.05, 4.69) is 15.6 Å². The second-order valence-electron chi connectivity index (χ2n) is 9.44. The number of amides is 2. The molecule has 188 valence electrons. The molecule has 0 unspecified atom stereocenters. The van der Waals surface area contributed by atoms with Crippen LogP contribution in [0.4, 0.5) is 0 Å². The van der Waals surface area contributed by atoms with Crippen LogP contribution in [0.25, 0.3) is 11.1 Å². The molecule has 1 fully saturated rings. The van der Waals surface area contributed by atoms with Crippen LogP contribution in [0.2, 0.25) is 0 Å². The second kappa shape index (κ2) is 12.3. The van der Waals surface area contributed by atoms with Gasteiger partial charge in [0.25, 0.3) is 11.8 Å². The molecule has 0 radical (unpaired) electrons. The van der Waals surface area contributed by atoms with Crippen LogP contribution in [0.3, 0.4) is 0 Å². The van der Waals surface area contributed by atoms with E-state index in [9.17, 15) is 9.59 Å². The largest absolute Gasteiger partial charge is 0.491 e. The SMILES string of the molecule is CN(C)CCOc1cc(-c2ccncc2)ccc1C(=O)NCc1cccc(C(=O)NC2CCCC2)c1. The van der Waals surface area contributed by atoms with E-state index >= 15 is 0 Å². The fraction of sp³-hybridized carbons (Fsp3) is 0.345. The Bertz CT molecular complexity index is 1170. The molecule has 1 aliphatic rings. The summed E-state index contributed by atoms with van der Waals surface area (Å²) in [5.41, 5.74) is 3.91. The molecule has 2 aromatic carbocycles. The number of nitrogens with zero attached hydrogens (tertiary/aromatic N) is 2. The number of nitrogens with one attached hydrogen (secondary N) is 2. The maximum Gasteiger partial charge on any atom is 0.255 e. The quantitative estimate of drug-likeness (QED) is 0.447. The van der Waals surface area contributed by atoms with Gasteiger partial charge in [-0.05, 0) is 80.0 Å². The number of carbonyl (C=O) groups is 2. The number of hydrogen-bond donors (Lipinski definition) is 2. The van der Waals surface area contributed by atoms with Gasteiger partial charge in [-0.2, -0.15) is 0 Å². The van der Waals surface area contributed by atoms with Gasteiger partial charge in [-0.3, -0.25) is 14.6 Å². The van der Waals surface area contributed by atoms with Crippen molar-refractivity contribution in [3.63, 3.8) is 0 Å². The zero-order chi connectivity index (χ0) is 25.3. The molecule has 2 amide bonds. The highest BCUT2D eigenvalue weighted by Crippen LogP contribution is 2.27.